The summed E-state index contributed by atoms with van der Waals surface area (Å²) in [7, 11) is 0. The monoisotopic (exact) mass is 1200 g/mol. The second-order valence-corrected chi connectivity index (χ2v) is 21.8. The first-order valence-electron chi connectivity index (χ1n) is 28.8. The zero-order valence-corrected chi connectivity index (χ0v) is 48.9. The van der Waals surface area contributed by atoms with Crippen LogP contribution in [0.25, 0.3) is 0 Å². The average Bonchev–Trinajstić information content (AvgIpc) is 1.65. The van der Waals surface area contributed by atoms with Crippen LogP contribution < -0.4 is 0 Å². The van der Waals surface area contributed by atoms with Crippen molar-refractivity contribution in [2.75, 3.05) is 19.8 Å². The van der Waals surface area contributed by atoms with Crippen molar-refractivity contribution in [1.29, 1.82) is 0 Å². The highest BCUT2D eigenvalue weighted by atomic mass is 16.7. The summed E-state index contributed by atoms with van der Waals surface area (Å²) >= 11 is 0. The van der Waals surface area contributed by atoms with Crippen LogP contribution in [0.1, 0.15) is 100.0 Å². The number of hydrogen-bond acceptors (Lipinski definition) is 22. The molecule has 4 heterocycles. The van der Waals surface area contributed by atoms with E-state index in [-0.39, 0.29) is 24.7 Å². The molecule has 0 saturated carbocycles. The topological polar surface area (TPSA) is 322 Å². The van der Waals surface area contributed by atoms with E-state index in [0.717, 1.165) is 23.1 Å². The van der Waals surface area contributed by atoms with Gasteiger partial charge in [-0.15, -0.1) is 0 Å². The Hall–Kier alpha value is -6.24. The number of benzene rings is 4. The molecule has 0 spiro atoms. The summed E-state index contributed by atoms with van der Waals surface area (Å²) in [4.78, 5) is 48.8. The van der Waals surface area contributed by atoms with Gasteiger partial charge in [0.2, 0.25) is 0 Å². The predicted octanol–water partition coefficient (Wildman–Crippen LogP) is 2.80. The molecule has 4 aliphatic heterocycles. The van der Waals surface area contributed by atoms with Gasteiger partial charge in [-0.05, 0) is 59.2 Å². The molecule has 4 fully saturated rings. The third kappa shape index (κ3) is 17.7. The standard InChI is InChI=1S/C44H50O12.C20H30O10/c1-7-36-27(2)39(50-24-33-15-10-8-11-16-33)41(51-25-34-17-12-9-13-18-34)37(55-36)22-21-32-19-14-20-35(23-32)40-43(53-30(5)47)44(54-31(6)48)42(52-29(4)46)38(56-40)26-49-28(3)45;21-7-12-15(24)17(26)14(23)11(29-12)5-4-9-2-1-3-10(6-9)20-19(28)18(27)16(25)13(8-22)30-20/h8-20,23,27,36-44H,7,24-26H2,1-6H3;1-3,6,11-28H,4-5,7-8H2/t27-,36-,37-,38-,39+,40-,41-,42-,43-,44+;11-,12-,13-,14-,15-,16-,17-,18+,19+,20-/m11/s1. The van der Waals surface area contributed by atoms with Gasteiger partial charge in [-0.3, -0.25) is 19.2 Å². The lowest BCUT2D eigenvalue weighted by Crippen LogP contribution is -2.59. The summed E-state index contributed by atoms with van der Waals surface area (Å²) in [6.45, 7) is 8.37. The lowest BCUT2D eigenvalue weighted by Gasteiger charge is -2.44. The summed E-state index contributed by atoms with van der Waals surface area (Å²) in [5.41, 5.74) is 4.47. The van der Waals surface area contributed by atoms with Crippen LogP contribution in [0.5, 0.6) is 0 Å². The fourth-order valence-corrected chi connectivity index (χ4v) is 11.1. The van der Waals surface area contributed by atoms with Gasteiger partial charge in [0.25, 0.3) is 0 Å². The third-order valence-electron chi connectivity index (χ3n) is 15.5. The van der Waals surface area contributed by atoms with Gasteiger partial charge in [0.05, 0.1) is 44.7 Å². The normalized spacial score (nSPS) is 32.4. The zero-order chi connectivity index (χ0) is 62.2. The van der Waals surface area contributed by atoms with Crippen LogP contribution in [0, 0.1) is 17.8 Å². The number of ether oxygens (including phenoxy) is 10. The Kier molecular flexibility index (Phi) is 25.1. The van der Waals surface area contributed by atoms with Gasteiger partial charge >= 0.3 is 23.9 Å². The van der Waals surface area contributed by atoms with Crippen LogP contribution in [-0.2, 0) is 86.2 Å². The van der Waals surface area contributed by atoms with Crippen LogP contribution in [0.15, 0.2) is 109 Å². The van der Waals surface area contributed by atoms with Crippen LogP contribution in [0.3, 0.4) is 0 Å². The first kappa shape index (κ1) is 67.3. The van der Waals surface area contributed by atoms with Gasteiger partial charge in [0.15, 0.2) is 18.3 Å². The molecular weight excluding hydrogens is 1120 g/mol. The summed E-state index contributed by atoms with van der Waals surface area (Å²) in [6.07, 6.45) is -18.3. The van der Waals surface area contributed by atoms with E-state index in [1.807, 2.05) is 66.7 Å². The van der Waals surface area contributed by atoms with Crippen molar-refractivity contribution in [3.63, 3.8) is 0 Å². The van der Waals surface area contributed by atoms with Gasteiger partial charge in [0.1, 0.15) is 86.0 Å². The minimum absolute atomic E-state index is 0.00780. The summed E-state index contributed by atoms with van der Waals surface area (Å²) < 4.78 is 59.4. The van der Waals surface area contributed by atoms with E-state index in [1.165, 1.54) is 27.7 Å². The van der Waals surface area contributed by atoms with Crippen molar-refractivity contribution in [3.05, 3.63) is 143 Å². The second kappa shape index (κ2) is 32.1. The van der Waals surface area contributed by atoms with Crippen molar-refractivity contribution >= 4 is 23.9 Å². The molecule has 4 aliphatic rings. The van der Waals surface area contributed by atoms with Crippen LogP contribution in [0.4, 0.5) is 0 Å². The molecule has 4 aromatic carbocycles. The van der Waals surface area contributed by atoms with Gasteiger partial charge in [0, 0.05) is 39.2 Å². The Morgan fingerprint density at radius 3 is 1.58 bits per heavy atom. The molecule has 8 N–H and O–H groups in total. The summed E-state index contributed by atoms with van der Waals surface area (Å²) in [5.74, 6) is 3.90. The third-order valence-corrected chi connectivity index (χ3v) is 15.5. The molecule has 0 unspecified atom stereocenters. The first-order chi connectivity index (χ1) is 41.2. The quantitative estimate of drug-likeness (QED) is 0.0380. The highest BCUT2D eigenvalue weighted by Gasteiger charge is 2.53. The molecular formula is C64H80O22. The van der Waals surface area contributed by atoms with E-state index in [1.54, 1.807) is 42.5 Å². The predicted molar refractivity (Wildman–Crippen MR) is 304 cm³/mol. The van der Waals surface area contributed by atoms with Crippen LogP contribution in [0.2, 0.25) is 0 Å². The lowest BCUT2D eigenvalue weighted by molar-refractivity contribution is -0.254. The van der Waals surface area contributed by atoms with E-state index >= 15 is 0 Å². The minimum atomic E-state index is -1.47. The van der Waals surface area contributed by atoms with Crippen LogP contribution >= 0.6 is 0 Å². The lowest BCUT2D eigenvalue weighted by atomic mass is 9.86. The maximum absolute atomic E-state index is 12.4. The largest absolute Gasteiger partial charge is 0.463 e. The Bertz CT molecular complexity index is 2860. The number of hydrogen-bond donors (Lipinski definition) is 8. The maximum Gasteiger partial charge on any atom is 0.303 e. The molecule has 86 heavy (non-hydrogen) atoms. The van der Waals surface area contributed by atoms with Gasteiger partial charge < -0.3 is 88.2 Å². The molecule has 0 aliphatic carbocycles. The number of aliphatic hydroxyl groups is 8. The van der Waals surface area contributed by atoms with Crippen LogP contribution in [-0.4, -0.2) is 188 Å². The summed E-state index contributed by atoms with van der Waals surface area (Å²) in [6, 6.07) is 33.9. The number of carbonyl (C=O) groups is 4. The maximum atomic E-state index is 12.4. The van der Waals surface area contributed by atoms with Crippen molar-refractivity contribution < 1.29 is 107 Å². The number of carbonyl (C=O) groups excluding carboxylic acids is 4. The molecule has 0 radical (unpaired) electrons. The molecule has 4 aromatic rings. The fourth-order valence-electron chi connectivity index (χ4n) is 11.1. The molecule has 0 bridgehead atoms. The Labute approximate surface area is 499 Å². The average molecular weight is 1200 g/mol. The SMILES string of the molecule is CC[C@H]1O[C@H](C#Cc2cccc([C@H]3O[C@H](COC(C)=O)[C@@H](OC(C)=O)[C@H](OC(C)=O)[C@@H]3OC(C)=O)c2)[C@@H](OCc2ccccc2)[C@@H](OCc2ccccc2)[C@@H]1C.OC[C@H]1O[C@H](CCc2cccc([C@H]3O[C@H](CO)[C@@H](O)[C@H](O)[C@@H]3O)c2)[C@@H](O)[C@@H](O)[C@@H]1O. The van der Waals surface area contributed by atoms with E-state index in [2.05, 4.69) is 25.7 Å². The second-order valence-electron chi connectivity index (χ2n) is 21.8. The molecule has 468 valence electrons. The van der Waals surface area contributed by atoms with Gasteiger partial charge in [-0.25, -0.2) is 0 Å². The zero-order valence-electron chi connectivity index (χ0n) is 48.9. The minimum Gasteiger partial charge on any atom is -0.463 e. The number of esters is 4. The molecule has 20 atom stereocenters. The van der Waals surface area contributed by atoms with E-state index < -0.39 is 141 Å². The van der Waals surface area contributed by atoms with Crippen molar-refractivity contribution in [2.45, 2.75) is 190 Å². The van der Waals surface area contributed by atoms with E-state index in [0.29, 0.717) is 42.7 Å². The van der Waals surface area contributed by atoms with Crippen molar-refractivity contribution in [3.8, 4) is 11.8 Å². The Morgan fingerprint density at radius 1 is 0.488 bits per heavy atom. The smallest absolute Gasteiger partial charge is 0.303 e. The van der Waals surface area contributed by atoms with Crippen molar-refractivity contribution in [2.24, 2.45) is 5.92 Å². The highest BCUT2D eigenvalue weighted by molar-refractivity contribution is 5.69. The highest BCUT2D eigenvalue weighted by Crippen LogP contribution is 2.39. The van der Waals surface area contributed by atoms with Gasteiger partial charge in [-0.2, -0.15) is 0 Å². The molecule has 8 rings (SSSR count). The van der Waals surface area contributed by atoms with E-state index in [9.17, 15) is 60.0 Å². The Morgan fingerprint density at radius 2 is 1.00 bits per heavy atom. The Balaban J connectivity index is 0.000000296. The fraction of sp³-hybridized carbons (Fsp3) is 0.531. The van der Waals surface area contributed by atoms with Gasteiger partial charge in [-0.1, -0.05) is 123 Å². The first-order valence-corrected chi connectivity index (χ1v) is 28.8. The molecule has 22 heteroatoms. The number of rotatable bonds is 19. The molecule has 0 aromatic heterocycles. The van der Waals surface area contributed by atoms with Crippen molar-refractivity contribution in [1.82, 2.24) is 0 Å². The molecule has 4 saturated heterocycles. The molecule has 22 nitrogen and oxygen atoms in total. The molecule has 0 amide bonds. The van der Waals surface area contributed by atoms with E-state index in [4.69, 9.17) is 47.4 Å². The summed E-state index contributed by atoms with van der Waals surface area (Å²) in [5, 5.41) is 78.8. The number of aliphatic hydroxyl groups excluding tert-OH is 8. The number of aryl methyl sites for hydroxylation is 1.